The second-order valence-electron chi connectivity index (χ2n) is 4.32. The van der Waals surface area contributed by atoms with Crippen LogP contribution in [0, 0.1) is 0 Å². The average Bonchev–Trinajstić information content (AvgIpc) is 2.46. The van der Waals surface area contributed by atoms with Gasteiger partial charge in [-0.1, -0.05) is 0 Å². The van der Waals surface area contributed by atoms with Gasteiger partial charge < -0.3 is 15.0 Å². The molecule has 110 valence electrons. The van der Waals surface area contributed by atoms with Crippen molar-refractivity contribution in [3.05, 3.63) is 24.0 Å². The number of nitrogens with one attached hydrogen (secondary N) is 1. The zero-order chi connectivity index (χ0) is 14.8. The SMILES string of the molecule is CNC(=O)C1CN(c2ccnc(C(F)(F)F)c2)CCO1. The fraction of sp³-hybridized carbons (Fsp3) is 0.500. The highest BCUT2D eigenvalue weighted by atomic mass is 19.4. The van der Waals surface area contributed by atoms with E-state index in [9.17, 15) is 18.0 Å². The van der Waals surface area contributed by atoms with Gasteiger partial charge in [-0.25, -0.2) is 0 Å². The van der Waals surface area contributed by atoms with Crippen LogP contribution in [0.2, 0.25) is 0 Å². The molecule has 1 amide bonds. The van der Waals surface area contributed by atoms with E-state index in [1.54, 1.807) is 4.90 Å². The van der Waals surface area contributed by atoms with Crippen molar-refractivity contribution in [2.24, 2.45) is 0 Å². The first-order valence-electron chi connectivity index (χ1n) is 6.03. The normalized spacial score (nSPS) is 19.8. The van der Waals surface area contributed by atoms with Crippen LogP contribution < -0.4 is 10.2 Å². The molecule has 1 aromatic heterocycles. The summed E-state index contributed by atoms with van der Waals surface area (Å²) in [6, 6.07) is 2.47. The summed E-state index contributed by atoms with van der Waals surface area (Å²) in [5.74, 6) is -0.292. The number of nitrogens with zero attached hydrogens (tertiary/aromatic N) is 2. The number of carbonyl (C=O) groups excluding carboxylic acids is 1. The van der Waals surface area contributed by atoms with Gasteiger partial charge in [-0.05, 0) is 12.1 Å². The van der Waals surface area contributed by atoms with E-state index >= 15 is 0 Å². The molecule has 1 N–H and O–H groups in total. The molecule has 2 heterocycles. The Morgan fingerprint density at radius 3 is 2.95 bits per heavy atom. The molecule has 5 nitrogen and oxygen atoms in total. The second-order valence-corrected chi connectivity index (χ2v) is 4.32. The number of hydrogen-bond donors (Lipinski definition) is 1. The summed E-state index contributed by atoms with van der Waals surface area (Å²) in [4.78, 5) is 16.5. The lowest BCUT2D eigenvalue weighted by Gasteiger charge is -2.33. The number of alkyl halides is 3. The zero-order valence-electron chi connectivity index (χ0n) is 10.8. The molecule has 1 saturated heterocycles. The maximum Gasteiger partial charge on any atom is 0.433 e. The Morgan fingerprint density at radius 2 is 2.30 bits per heavy atom. The fourth-order valence-corrected chi connectivity index (χ4v) is 1.97. The van der Waals surface area contributed by atoms with Gasteiger partial charge in [0.1, 0.15) is 5.69 Å². The third-order valence-corrected chi connectivity index (χ3v) is 3.00. The molecule has 0 saturated carbocycles. The number of ether oxygens (including phenoxy) is 1. The van der Waals surface area contributed by atoms with Gasteiger partial charge in [-0.2, -0.15) is 13.2 Å². The third kappa shape index (κ3) is 3.19. The first kappa shape index (κ1) is 14.6. The van der Waals surface area contributed by atoms with Crippen molar-refractivity contribution < 1.29 is 22.7 Å². The first-order chi connectivity index (χ1) is 9.41. The third-order valence-electron chi connectivity index (χ3n) is 3.00. The lowest BCUT2D eigenvalue weighted by molar-refractivity contribution is -0.141. The summed E-state index contributed by atoms with van der Waals surface area (Å²) in [6.45, 7) is 0.914. The molecule has 0 aromatic carbocycles. The van der Waals surface area contributed by atoms with E-state index in [-0.39, 0.29) is 19.1 Å². The van der Waals surface area contributed by atoms with Gasteiger partial charge in [0.2, 0.25) is 0 Å². The smallest absolute Gasteiger partial charge is 0.366 e. The van der Waals surface area contributed by atoms with E-state index in [1.807, 2.05) is 0 Å². The van der Waals surface area contributed by atoms with E-state index < -0.39 is 18.0 Å². The lowest BCUT2D eigenvalue weighted by Crippen LogP contribution is -2.49. The summed E-state index contributed by atoms with van der Waals surface area (Å²) >= 11 is 0. The number of amides is 1. The minimum Gasteiger partial charge on any atom is -0.366 e. The summed E-state index contributed by atoms with van der Waals surface area (Å²) in [6.07, 6.45) is -4.05. The van der Waals surface area contributed by atoms with Gasteiger partial charge in [0.15, 0.2) is 6.10 Å². The van der Waals surface area contributed by atoms with E-state index in [4.69, 9.17) is 4.74 Å². The first-order valence-corrected chi connectivity index (χ1v) is 6.03. The molecule has 1 atom stereocenters. The Labute approximate surface area is 113 Å². The highest BCUT2D eigenvalue weighted by Crippen LogP contribution is 2.30. The standard InChI is InChI=1S/C12H14F3N3O2/c1-16-11(19)9-7-18(4-5-20-9)8-2-3-17-10(6-8)12(13,14)15/h2-3,6,9H,4-5,7H2,1H3,(H,16,19). The van der Waals surface area contributed by atoms with Gasteiger partial charge in [0.25, 0.3) is 5.91 Å². The minimum atomic E-state index is -4.48. The Hall–Kier alpha value is -1.83. The van der Waals surface area contributed by atoms with Crippen molar-refractivity contribution >= 4 is 11.6 Å². The van der Waals surface area contributed by atoms with Gasteiger partial charge in [-0.15, -0.1) is 0 Å². The molecule has 8 heteroatoms. The number of halogens is 3. The molecule has 0 bridgehead atoms. The predicted octanol–water partition coefficient (Wildman–Crippen LogP) is 1.05. The Kier molecular flexibility index (Phi) is 4.12. The van der Waals surface area contributed by atoms with E-state index in [0.29, 0.717) is 12.2 Å². The Morgan fingerprint density at radius 1 is 1.55 bits per heavy atom. The van der Waals surface area contributed by atoms with E-state index in [2.05, 4.69) is 10.3 Å². The number of aromatic nitrogens is 1. The van der Waals surface area contributed by atoms with Crippen LogP contribution in [0.15, 0.2) is 18.3 Å². The molecule has 0 aliphatic carbocycles. The molecule has 1 unspecified atom stereocenters. The maximum atomic E-state index is 12.6. The van der Waals surface area contributed by atoms with Crippen molar-refractivity contribution in [3.63, 3.8) is 0 Å². The quantitative estimate of drug-likeness (QED) is 0.884. The van der Waals surface area contributed by atoms with Crippen LogP contribution in [0.4, 0.5) is 18.9 Å². The summed E-state index contributed by atoms with van der Waals surface area (Å²) in [5, 5.41) is 2.46. The largest absolute Gasteiger partial charge is 0.433 e. The maximum absolute atomic E-state index is 12.6. The number of likely N-dealkylation sites (N-methyl/N-ethyl adjacent to an activating group) is 1. The number of pyridine rings is 1. The number of carbonyl (C=O) groups is 1. The second kappa shape index (κ2) is 5.66. The van der Waals surface area contributed by atoms with Crippen LogP contribution in [0.5, 0.6) is 0 Å². The molecule has 1 aliphatic rings. The van der Waals surface area contributed by atoms with Crippen LogP contribution in [0.3, 0.4) is 0 Å². The minimum absolute atomic E-state index is 0.209. The number of rotatable bonds is 2. The van der Waals surface area contributed by atoms with Crippen LogP contribution in [0.25, 0.3) is 0 Å². The van der Waals surface area contributed by atoms with Crippen molar-refractivity contribution in [1.82, 2.24) is 10.3 Å². The van der Waals surface area contributed by atoms with Gasteiger partial charge >= 0.3 is 6.18 Å². The average molecular weight is 289 g/mol. The highest BCUT2D eigenvalue weighted by molar-refractivity contribution is 5.81. The number of morpholine rings is 1. The van der Waals surface area contributed by atoms with Crippen LogP contribution in [-0.2, 0) is 15.7 Å². The fourth-order valence-electron chi connectivity index (χ4n) is 1.97. The molecular weight excluding hydrogens is 275 g/mol. The number of anilines is 1. The van der Waals surface area contributed by atoms with Crippen molar-refractivity contribution in [2.75, 3.05) is 31.6 Å². The van der Waals surface area contributed by atoms with Gasteiger partial charge in [-0.3, -0.25) is 9.78 Å². The van der Waals surface area contributed by atoms with Gasteiger partial charge in [0, 0.05) is 25.5 Å². The zero-order valence-corrected chi connectivity index (χ0v) is 10.8. The van der Waals surface area contributed by atoms with Crippen LogP contribution >= 0.6 is 0 Å². The van der Waals surface area contributed by atoms with E-state index in [0.717, 1.165) is 12.3 Å². The molecule has 2 rings (SSSR count). The van der Waals surface area contributed by atoms with E-state index in [1.165, 1.54) is 13.1 Å². The Bertz CT molecular complexity index is 493. The molecule has 0 spiro atoms. The van der Waals surface area contributed by atoms with Crippen molar-refractivity contribution in [1.29, 1.82) is 0 Å². The predicted molar refractivity (Wildman–Crippen MR) is 65.3 cm³/mol. The molecule has 1 aliphatic heterocycles. The Balaban J connectivity index is 2.17. The summed E-state index contributed by atoms with van der Waals surface area (Å²) < 4.78 is 43.2. The monoisotopic (exact) mass is 289 g/mol. The van der Waals surface area contributed by atoms with Crippen molar-refractivity contribution in [3.8, 4) is 0 Å². The molecule has 0 radical (unpaired) electrons. The van der Waals surface area contributed by atoms with Gasteiger partial charge in [0.05, 0.1) is 13.2 Å². The van der Waals surface area contributed by atoms with Crippen LogP contribution in [-0.4, -0.2) is 43.7 Å². The molecule has 1 aromatic rings. The summed E-state index contributed by atoms with van der Waals surface area (Å²) in [7, 11) is 1.48. The van der Waals surface area contributed by atoms with Crippen LogP contribution in [0.1, 0.15) is 5.69 Å². The number of hydrogen-bond acceptors (Lipinski definition) is 4. The molecular formula is C12H14F3N3O2. The topological polar surface area (TPSA) is 54.5 Å². The summed E-state index contributed by atoms with van der Waals surface area (Å²) in [5.41, 5.74) is -0.567. The van der Waals surface area contributed by atoms with Crippen molar-refractivity contribution in [2.45, 2.75) is 12.3 Å². The lowest BCUT2D eigenvalue weighted by atomic mass is 10.2. The molecule has 1 fully saturated rings. The highest BCUT2D eigenvalue weighted by Gasteiger charge is 2.33. The molecule has 20 heavy (non-hydrogen) atoms.